The molecule has 2 saturated carbocycles. The van der Waals surface area contributed by atoms with E-state index in [9.17, 15) is 4.79 Å². The first-order chi connectivity index (χ1) is 8.18. The van der Waals surface area contributed by atoms with Crippen LogP contribution in [0.2, 0.25) is 0 Å². The Morgan fingerprint density at radius 1 is 1.18 bits per heavy atom. The summed E-state index contributed by atoms with van der Waals surface area (Å²) < 4.78 is 5.94. The van der Waals surface area contributed by atoms with E-state index in [-0.39, 0.29) is 0 Å². The van der Waals surface area contributed by atoms with Crippen LogP contribution in [0, 0.1) is 11.8 Å². The summed E-state index contributed by atoms with van der Waals surface area (Å²) in [5.41, 5.74) is -0.406. The normalized spacial score (nSPS) is 35.1. The third-order valence-electron chi connectivity index (χ3n) is 4.68. The molecule has 0 aromatic heterocycles. The highest BCUT2D eigenvalue weighted by Crippen LogP contribution is 2.40. The molecule has 98 valence electrons. The van der Waals surface area contributed by atoms with Crippen molar-refractivity contribution in [2.45, 2.75) is 70.8 Å². The molecule has 17 heavy (non-hydrogen) atoms. The first-order valence-electron chi connectivity index (χ1n) is 7.36. The fourth-order valence-corrected chi connectivity index (χ4v) is 3.53. The number of hydrogen-bond acceptors (Lipinski definition) is 2. The summed E-state index contributed by atoms with van der Waals surface area (Å²) in [6.07, 6.45) is 8.88. The predicted molar refractivity (Wildman–Crippen MR) is 69.0 cm³/mol. The Labute approximate surface area is 105 Å². The number of ketones is 1. The van der Waals surface area contributed by atoms with Gasteiger partial charge in [-0.15, -0.1) is 0 Å². The highest BCUT2D eigenvalue weighted by molar-refractivity contribution is 5.89. The van der Waals surface area contributed by atoms with Gasteiger partial charge in [-0.1, -0.05) is 19.8 Å². The van der Waals surface area contributed by atoms with Crippen LogP contribution in [0.15, 0.2) is 0 Å². The Kier molecular flexibility index (Phi) is 4.24. The molecule has 2 rings (SSSR count). The van der Waals surface area contributed by atoms with E-state index in [1.807, 2.05) is 6.92 Å². The Hall–Kier alpha value is -0.370. The summed E-state index contributed by atoms with van der Waals surface area (Å²) in [7, 11) is 0. The van der Waals surface area contributed by atoms with E-state index in [0.29, 0.717) is 18.3 Å². The first kappa shape index (κ1) is 13.1. The molecule has 2 aliphatic rings. The fraction of sp³-hybridized carbons (Fsp3) is 0.933. The molecule has 0 radical (unpaired) electrons. The van der Waals surface area contributed by atoms with Crippen molar-refractivity contribution in [3.8, 4) is 0 Å². The van der Waals surface area contributed by atoms with E-state index < -0.39 is 5.60 Å². The van der Waals surface area contributed by atoms with Gasteiger partial charge in [0.2, 0.25) is 0 Å². The van der Waals surface area contributed by atoms with E-state index in [4.69, 9.17) is 4.74 Å². The van der Waals surface area contributed by atoms with Gasteiger partial charge in [0.25, 0.3) is 0 Å². The lowest BCUT2D eigenvalue weighted by molar-refractivity contribution is -0.154. The van der Waals surface area contributed by atoms with Gasteiger partial charge in [-0.05, 0) is 51.4 Å². The van der Waals surface area contributed by atoms with Gasteiger partial charge in [-0.3, -0.25) is 4.79 Å². The average molecular weight is 238 g/mol. The molecule has 0 heterocycles. The summed E-state index contributed by atoms with van der Waals surface area (Å²) in [6.45, 7) is 4.98. The van der Waals surface area contributed by atoms with Gasteiger partial charge in [-0.2, -0.15) is 0 Å². The van der Waals surface area contributed by atoms with Crippen molar-refractivity contribution in [2.75, 3.05) is 6.61 Å². The molecule has 2 aliphatic carbocycles. The van der Waals surface area contributed by atoms with Crippen molar-refractivity contribution in [3.05, 3.63) is 0 Å². The van der Waals surface area contributed by atoms with Crippen LogP contribution in [0.4, 0.5) is 0 Å². The third-order valence-corrected chi connectivity index (χ3v) is 4.68. The molecular weight excluding hydrogens is 212 g/mol. The van der Waals surface area contributed by atoms with Crippen molar-refractivity contribution < 1.29 is 9.53 Å². The largest absolute Gasteiger partial charge is 0.367 e. The van der Waals surface area contributed by atoms with E-state index >= 15 is 0 Å². The van der Waals surface area contributed by atoms with Crippen molar-refractivity contribution in [3.63, 3.8) is 0 Å². The van der Waals surface area contributed by atoms with Crippen molar-refractivity contribution in [1.29, 1.82) is 0 Å². The Morgan fingerprint density at radius 2 is 1.76 bits per heavy atom. The second kappa shape index (κ2) is 5.51. The highest BCUT2D eigenvalue weighted by atomic mass is 16.5. The van der Waals surface area contributed by atoms with Crippen LogP contribution in [0.5, 0.6) is 0 Å². The van der Waals surface area contributed by atoms with Gasteiger partial charge in [0.1, 0.15) is 5.60 Å². The lowest BCUT2D eigenvalue weighted by Crippen LogP contribution is -2.47. The summed E-state index contributed by atoms with van der Waals surface area (Å²) >= 11 is 0. The smallest absolute Gasteiger partial charge is 0.167 e. The van der Waals surface area contributed by atoms with Gasteiger partial charge in [0.15, 0.2) is 5.78 Å². The molecule has 0 aromatic carbocycles. The number of hydrogen-bond donors (Lipinski definition) is 0. The maximum absolute atomic E-state index is 12.7. The summed E-state index contributed by atoms with van der Waals surface area (Å²) in [4.78, 5) is 12.7. The highest BCUT2D eigenvalue weighted by Gasteiger charge is 2.44. The zero-order valence-electron chi connectivity index (χ0n) is 11.3. The molecule has 0 amide bonds. The fourth-order valence-electron chi connectivity index (χ4n) is 3.53. The zero-order valence-corrected chi connectivity index (χ0v) is 11.3. The predicted octanol–water partition coefficient (Wildman–Crippen LogP) is 3.73. The van der Waals surface area contributed by atoms with Gasteiger partial charge in [0, 0.05) is 12.5 Å². The van der Waals surface area contributed by atoms with Crippen LogP contribution >= 0.6 is 0 Å². The second-order valence-corrected chi connectivity index (χ2v) is 5.96. The minimum atomic E-state index is -0.406. The molecule has 0 saturated heterocycles. The maximum atomic E-state index is 12.7. The number of carbonyl (C=O) groups excluding carboxylic acids is 1. The number of carbonyl (C=O) groups is 1. The van der Waals surface area contributed by atoms with Crippen LogP contribution in [0.1, 0.15) is 65.2 Å². The summed E-state index contributed by atoms with van der Waals surface area (Å²) in [6, 6.07) is 0. The third kappa shape index (κ3) is 2.73. The minimum absolute atomic E-state index is 0.301. The Morgan fingerprint density at radius 3 is 2.29 bits per heavy atom. The molecule has 0 aromatic rings. The lowest BCUT2D eigenvalue weighted by Gasteiger charge is -2.39. The van der Waals surface area contributed by atoms with Crippen LogP contribution in [0.3, 0.4) is 0 Å². The van der Waals surface area contributed by atoms with Gasteiger partial charge < -0.3 is 4.74 Å². The van der Waals surface area contributed by atoms with Gasteiger partial charge >= 0.3 is 0 Å². The number of ether oxygens (including phenoxy) is 1. The molecule has 2 heteroatoms. The maximum Gasteiger partial charge on any atom is 0.167 e. The lowest BCUT2D eigenvalue weighted by atomic mass is 9.73. The second-order valence-electron chi connectivity index (χ2n) is 5.96. The topological polar surface area (TPSA) is 26.3 Å². The minimum Gasteiger partial charge on any atom is -0.367 e. The standard InChI is InChI=1S/C15H26O2/c1-3-17-15(10-8-12(2)9-11-15)14(16)13-6-4-5-7-13/h12-13H,3-11H2,1-2H3. The monoisotopic (exact) mass is 238 g/mol. The van der Waals surface area contributed by atoms with Crippen molar-refractivity contribution in [2.24, 2.45) is 11.8 Å². The van der Waals surface area contributed by atoms with Crippen molar-refractivity contribution >= 4 is 5.78 Å². The molecule has 0 spiro atoms. The zero-order chi connectivity index (χ0) is 12.3. The van der Waals surface area contributed by atoms with E-state index in [2.05, 4.69) is 6.92 Å². The Balaban J connectivity index is 2.07. The molecule has 0 aliphatic heterocycles. The average Bonchev–Trinajstić information content (AvgIpc) is 2.85. The first-order valence-corrected chi connectivity index (χ1v) is 7.36. The number of Topliss-reactive ketones (excluding diaryl/α,β-unsaturated/α-hetero) is 1. The SMILES string of the molecule is CCOC1(C(=O)C2CCCC2)CCC(C)CC1. The van der Waals surface area contributed by atoms with Gasteiger partial charge in [0.05, 0.1) is 0 Å². The molecule has 0 bridgehead atoms. The number of rotatable bonds is 4. The van der Waals surface area contributed by atoms with E-state index in [0.717, 1.165) is 44.4 Å². The Bertz CT molecular complexity index is 258. The van der Waals surface area contributed by atoms with Gasteiger partial charge in [-0.25, -0.2) is 0 Å². The van der Waals surface area contributed by atoms with Crippen LogP contribution in [0.25, 0.3) is 0 Å². The quantitative estimate of drug-likeness (QED) is 0.746. The van der Waals surface area contributed by atoms with Crippen LogP contribution < -0.4 is 0 Å². The van der Waals surface area contributed by atoms with E-state index in [1.165, 1.54) is 12.8 Å². The van der Waals surface area contributed by atoms with E-state index in [1.54, 1.807) is 0 Å². The summed E-state index contributed by atoms with van der Waals surface area (Å²) in [5.74, 6) is 1.50. The van der Waals surface area contributed by atoms with Crippen LogP contribution in [-0.2, 0) is 9.53 Å². The molecule has 2 nitrogen and oxygen atoms in total. The van der Waals surface area contributed by atoms with Crippen LogP contribution in [-0.4, -0.2) is 18.0 Å². The summed E-state index contributed by atoms with van der Waals surface area (Å²) in [5, 5.41) is 0. The molecule has 0 N–H and O–H groups in total. The molecule has 0 atom stereocenters. The van der Waals surface area contributed by atoms with Crippen molar-refractivity contribution in [1.82, 2.24) is 0 Å². The molecule has 0 unspecified atom stereocenters. The molecular formula is C15H26O2. The molecule has 2 fully saturated rings.